The molecule has 1 aliphatic heterocycles. The first kappa shape index (κ1) is 15.0. The van der Waals surface area contributed by atoms with Crippen LogP contribution in [0.1, 0.15) is 11.4 Å². The summed E-state index contributed by atoms with van der Waals surface area (Å²) < 4.78 is 43.2. The summed E-state index contributed by atoms with van der Waals surface area (Å²) in [6.07, 6.45) is -4.39. The van der Waals surface area contributed by atoms with Crippen LogP contribution in [0.25, 0.3) is 11.5 Å². The molecule has 0 saturated carbocycles. The van der Waals surface area contributed by atoms with Gasteiger partial charge in [0.2, 0.25) is 0 Å². The van der Waals surface area contributed by atoms with E-state index in [-0.39, 0.29) is 11.5 Å². The van der Waals surface area contributed by atoms with Gasteiger partial charge in [-0.05, 0) is 18.2 Å². The van der Waals surface area contributed by atoms with E-state index in [1.807, 2.05) is 0 Å². The minimum absolute atomic E-state index is 0.108. The van der Waals surface area contributed by atoms with Gasteiger partial charge in [0.25, 0.3) is 5.89 Å². The minimum atomic E-state index is -4.39. The van der Waals surface area contributed by atoms with Crippen LogP contribution < -0.4 is 5.32 Å². The summed E-state index contributed by atoms with van der Waals surface area (Å²) in [6, 6.07) is 4.89. The molecule has 0 radical (unpaired) electrons. The van der Waals surface area contributed by atoms with E-state index in [1.165, 1.54) is 12.1 Å². The van der Waals surface area contributed by atoms with Crippen molar-refractivity contribution in [3.63, 3.8) is 0 Å². The van der Waals surface area contributed by atoms with Crippen LogP contribution in [-0.4, -0.2) is 41.2 Å². The second-order valence-corrected chi connectivity index (χ2v) is 5.12. The molecule has 118 valence electrons. The Hall–Kier alpha value is -1.93. The third-order valence-electron chi connectivity index (χ3n) is 3.48. The Morgan fingerprint density at radius 1 is 1.23 bits per heavy atom. The average molecular weight is 312 g/mol. The van der Waals surface area contributed by atoms with Gasteiger partial charge in [0, 0.05) is 31.7 Å². The Bertz CT molecular complexity index is 635. The molecule has 2 aromatic rings. The van der Waals surface area contributed by atoms with Crippen molar-refractivity contribution in [3.8, 4) is 11.5 Å². The second-order valence-electron chi connectivity index (χ2n) is 5.12. The molecule has 1 saturated heterocycles. The Kier molecular flexibility index (Phi) is 4.12. The molecule has 1 fully saturated rings. The topological polar surface area (TPSA) is 54.2 Å². The standard InChI is InChI=1S/C14H15F3N4O/c15-14(16,17)11-3-1-2-10(8-11)13-19-12(20-22-13)9-21-6-4-18-5-7-21/h1-3,8,18H,4-7,9H2. The number of hydrogen-bond acceptors (Lipinski definition) is 5. The van der Waals surface area contributed by atoms with Gasteiger partial charge in [0.15, 0.2) is 5.82 Å². The highest BCUT2D eigenvalue weighted by Crippen LogP contribution is 2.31. The number of halogens is 3. The van der Waals surface area contributed by atoms with Gasteiger partial charge < -0.3 is 9.84 Å². The van der Waals surface area contributed by atoms with Gasteiger partial charge in [0.05, 0.1) is 12.1 Å². The molecule has 1 aromatic heterocycles. The fourth-order valence-corrected chi connectivity index (χ4v) is 2.33. The largest absolute Gasteiger partial charge is 0.416 e. The summed E-state index contributed by atoms with van der Waals surface area (Å²) in [7, 11) is 0. The van der Waals surface area contributed by atoms with Gasteiger partial charge in [-0.3, -0.25) is 4.90 Å². The Morgan fingerprint density at radius 2 is 2.00 bits per heavy atom. The molecule has 0 amide bonds. The normalized spacial score (nSPS) is 16.9. The van der Waals surface area contributed by atoms with Gasteiger partial charge in [-0.2, -0.15) is 18.2 Å². The van der Waals surface area contributed by atoms with Crippen molar-refractivity contribution in [3.05, 3.63) is 35.7 Å². The molecule has 0 aliphatic carbocycles. The van der Waals surface area contributed by atoms with Crippen LogP contribution in [0.5, 0.6) is 0 Å². The molecule has 3 rings (SSSR count). The van der Waals surface area contributed by atoms with Gasteiger partial charge in [-0.1, -0.05) is 11.2 Å². The maximum atomic E-state index is 12.7. The van der Waals surface area contributed by atoms with Crippen LogP contribution in [-0.2, 0) is 12.7 Å². The van der Waals surface area contributed by atoms with Gasteiger partial charge in [-0.15, -0.1) is 0 Å². The summed E-state index contributed by atoms with van der Waals surface area (Å²) in [5.74, 6) is 0.588. The smallest absolute Gasteiger partial charge is 0.334 e. The van der Waals surface area contributed by atoms with Crippen LogP contribution in [0, 0.1) is 0 Å². The Labute approximate surface area is 125 Å². The van der Waals surface area contributed by atoms with Gasteiger partial charge in [0.1, 0.15) is 0 Å². The highest BCUT2D eigenvalue weighted by atomic mass is 19.4. The number of hydrogen-bond donors (Lipinski definition) is 1. The molecule has 1 aromatic carbocycles. The molecule has 0 unspecified atom stereocenters. The molecule has 1 aliphatic rings. The van der Waals surface area contributed by atoms with Crippen molar-refractivity contribution in [1.29, 1.82) is 0 Å². The van der Waals surface area contributed by atoms with Gasteiger partial charge >= 0.3 is 6.18 Å². The molecule has 1 N–H and O–H groups in total. The summed E-state index contributed by atoms with van der Waals surface area (Å²) in [4.78, 5) is 6.35. The third kappa shape index (κ3) is 3.45. The van der Waals surface area contributed by atoms with Crippen molar-refractivity contribution in [1.82, 2.24) is 20.4 Å². The highest BCUT2D eigenvalue weighted by Gasteiger charge is 2.30. The maximum Gasteiger partial charge on any atom is 0.416 e. The lowest BCUT2D eigenvalue weighted by atomic mass is 10.1. The van der Waals surface area contributed by atoms with E-state index in [1.54, 1.807) is 0 Å². The number of benzene rings is 1. The summed E-state index contributed by atoms with van der Waals surface area (Å²) in [5.41, 5.74) is -0.458. The molecule has 8 heteroatoms. The fraction of sp³-hybridized carbons (Fsp3) is 0.429. The van der Waals surface area contributed by atoms with E-state index in [9.17, 15) is 13.2 Å². The zero-order valence-corrected chi connectivity index (χ0v) is 11.7. The molecule has 0 atom stereocenters. The Balaban J connectivity index is 1.75. The van der Waals surface area contributed by atoms with Crippen molar-refractivity contribution in [2.45, 2.75) is 12.7 Å². The molecule has 2 heterocycles. The van der Waals surface area contributed by atoms with Crippen molar-refractivity contribution in [2.24, 2.45) is 0 Å². The van der Waals surface area contributed by atoms with E-state index in [4.69, 9.17) is 4.52 Å². The lowest BCUT2D eigenvalue weighted by Crippen LogP contribution is -2.43. The van der Waals surface area contributed by atoms with E-state index in [0.717, 1.165) is 38.3 Å². The van der Waals surface area contributed by atoms with Crippen LogP contribution in [0.2, 0.25) is 0 Å². The average Bonchev–Trinajstić information content (AvgIpc) is 2.96. The van der Waals surface area contributed by atoms with Crippen molar-refractivity contribution in [2.75, 3.05) is 26.2 Å². The quantitative estimate of drug-likeness (QED) is 0.941. The number of rotatable bonds is 3. The van der Waals surface area contributed by atoms with E-state index in [0.29, 0.717) is 12.4 Å². The zero-order valence-electron chi connectivity index (χ0n) is 11.7. The van der Waals surface area contributed by atoms with Crippen molar-refractivity contribution >= 4 is 0 Å². The molecule has 0 bridgehead atoms. The monoisotopic (exact) mass is 312 g/mol. The van der Waals surface area contributed by atoms with E-state index < -0.39 is 11.7 Å². The lowest BCUT2D eigenvalue weighted by Gasteiger charge is -2.25. The fourth-order valence-electron chi connectivity index (χ4n) is 2.33. The Morgan fingerprint density at radius 3 is 2.73 bits per heavy atom. The predicted molar refractivity (Wildman–Crippen MR) is 72.9 cm³/mol. The highest BCUT2D eigenvalue weighted by molar-refractivity contribution is 5.54. The summed E-state index contributed by atoms with van der Waals surface area (Å²) >= 11 is 0. The number of piperazine rings is 1. The first-order chi connectivity index (χ1) is 10.5. The zero-order chi connectivity index (χ0) is 15.6. The molecule has 0 spiro atoms. The summed E-state index contributed by atoms with van der Waals surface area (Å²) in [6.45, 7) is 4.10. The number of alkyl halides is 3. The SMILES string of the molecule is FC(F)(F)c1cccc(-c2nc(CN3CCNCC3)no2)c1. The third-order valence-corrected chi connectivity index (χ3v) is 3.48. The number of nitrogens with one attached hydrogen (secondary N) is 1. The molecule has 5 nitrogen and oxygen atoms in total. The number of aromatic nitrogens is 2. The predicted octanol–water partition coefficient (Wildman–Crippen LogP) is 2.16. The van der Waals surface area contributed by atoms with Crippen LogP contribution >= 0.6 is 0 Å². The molecule has 22 heavy (non-hydrogen) atoms. The first-order valence-electron chi connectivity index (χ1n) is 6.96. The maximum absolute atomic E-state index is 12.7. The second kappa shape index (κ2) is 6.05. The first-order valence-corrected chi connectivity index (χ1v) is 6.96. The molecular weight excluding hydrogens is 297 g/mol. The van der Waals surface area contributed by atoms with Crippen LogP contribution in [0.4, 0.5) is 13.2 Å². The van der Waals surface area contributed by atoms with Gasteiger partial charge in [-0.25, -0.2) is 0 Å². The minimum Gasteiger partial charge on any atom is -0.334 e. The van der Waals surface area contributed by atoms with Crippen LogP contribution in [0.15, 0.2) is 28.8 Å². The van der Waals surface area contributed by atoms with E-state index >= 15 is 0 Å². The van der Waals surface area contributed by atoms with Crippen molar-refractivity contribution < 1.29 is 17.7 Å². The molecular formula is C14H15F3N4O. The lowest BCUT2D eigenvalue weighted by molar-refractivity contribution is -0.137. The van der Waals surface area contributed by atoms with Crippen LogP contribution in [0.3, 0.4) is 0 Å². The van der Waals surface area contributed by atoms with E-state index in [2.05, 4.69) is 20.4 Å². The summed E-state index contributed by atoms with van der Waals surface area (Å²) in [5, 5.41) is 7.09. The number of nitrogens with zero attached hydrogens (tertiary/aromatic N) is 3.